The van der Waals surface area contributed by atoms with Crippen molar-refractivity contribution in [2.24, 2.45) is 0 Å². The summed E-state index contributed by atoms with van der Waals surface area (Å²) >= 11 is 0. The van der Waals surface area contributed by atoms with E-state index < -0.39 is 11.6 Å². The quantitative estimate of drug-likeness (QED) is 0.219. The van der Waals surface area contributed by atoms with Gasteiger partial charge < -0.3 is 9.47 Å². The molecule has 36 heavy (non-hydrogen) atoms. The molecule has 0 aromatic heterocycles. The zero-order valence-electron chi connectivity index (χ0n) is 20.9. The third-order valence-electron chi connectivity index (χ3n) is 6.71. The van der Waals surface area contributed by atoms with Crippen LogP contribution in [-0.2, 0) is 15.9 Å². The first-order valence-corrected chi connectivity index (χ1v) is 12.7. The van der Waals surface area contributed by atoms with Crippen molar-refractivity contribution in [2.45, 2.75) is 58.2 Å². The molecule has 3 aromatic rings. The van der Waals surface area contributed by atoms with Crippen molar-refractivity contribution in [3.05, 3.63) is 95.3 Å². The van der Waals surface area contributed by atoms with Crippen LogP contribution in [0.4, 0.5) is 13.2 Å². The SMILES string of the molecule is C/C=C/C1OCC(c2ccc(-c3ccc(-c4ccc(CCCCCC)c(F)c4F)cc3)c(F)c2)CO1. The smallest absolute Gasteiger partial charge is 0.176 e. The molecule has 1 fully saturated rings. The minimum absolute atomic E-state index is 0.0371. The van der Waals surface area contributed by atoms with E-state index in [4.69, 9.17) is 9.47 Å². The van der Waals surface area contributed by atoms with Crippen LogP contribution in [0, 0.1) is 17.5 Å². The van der Waals surface area contributed by atoms with Crippen molar-refractivity contribution in [2.75, 3.05) is 13.2 Å². The molecule has 0 radical (unpaired) electrons. The summed E-state index contributed by atoms with van der Waals surface area (Å²) in [6, 6.07) is 15.3. The zero-order valence-corrected chi connectivity index (χ0v) is 20.9. The molecule has 0 atom stereocenters. The van der Waals surface area contributed by atoms with Gasteiger partial charge in [-0.3, -0.25) is 0 Å². The maximum atomic E-state index is 15.0. The summed E-state index contributed by atoms with van der Waals surface area (Å²) in [7, 11) is 0. The molecule has 0 N–H and O–H groups in total. The van der Waals surface area contributed by atoms with Crippen molar-refractivity contribution in [1.29, 1.82) is 0 Å². The van der Waals surface area contributed by atoms with E-state index in [0.29, 0.717) is 41.9 Å². The number of halogens is 3. The largest absolute Gasteiger partial charge is 0.348 e. The number of allylic oxidation sites excluding steroid dienone is 1. The van der Waals surface area contributed by atoms with Crippen LogP contribution in [0.2, 0.25) is 0 Å². The summed E-state index contributed by atoms with van der Waals surface area (Å²) in [4.78, 5) is 0. The van der Waals surface area contributed by atoms with Crippen molar-refractivity contribution in [1.82, 2.24) is 0 Å². The van der Waals surface area contributed by atoms with Crippen LogP contribution in [0.1, 0.15) is 56.6 Å². The molecule has 0 saturated carbocycles. The number of rotatable bonds is 9. The van der Waals surface area contributed by atoms with Crippen molar-refractivity contribution >= 4 is 0 Å². The molecule has 1 heterocycles. The van der Waals surface area contributed by atoms with Gasteiger partial charge in [-0.15, -0.1) is 0 Å². The van der Waals surface area contributed by atoms with Crippen LogP contribution in [0.25, 0.3) is 22.3 Å². The summed E-state index contributed by atoms with van der Waals surface area (Å²) in [5.74, 6) is -1.99. The summed E-state index contributed by atoms with van der Waals surface area (Å²) in [6.45, 7) is 4.94. The van der Waals surface area contributed by atoms with E-state index in [1.165, 1.54) is 6.07 Å². The lowest BCUT2D eigenvalue weighted by molar-refractivity contribution is -0.159. The van der Waals surface area contributed by atoms with E-state index in [9.17, 15) is 8.78 Å². The number of ether oxygens (including phenoxy) is 2. The molecular formula is C31H33F3O2. The fourth-order valence-corrected chi connectivity index (χ4v) is 4.58. The number of unbranched alkanes of at least 4 members (excludes halogenated alkanes) is 3. The molecule has 1 aliphatic heterocycles. The average Bonchev–Trinajstić information content (AvgIpc) is 2.90. The van der Waals surface area contributed by atoms with Crippen molar-refractivity contribution in [3.8, 4) is 22.3 Å². The molecule has 0 spiro atoms. The fraction of sp³-hybridized carbons (Fsp3) is 0.355. The lowest BCUT2D eigenvalue weighted by atomic mass is 9.94. The molecule has 1 saturated heterocycles. The second-order valence-electron chi connectivity index (χ2n) is 9.29. The molecule has 5 heteroatoms. The lowest BCUT2D eigenvalue weighted by Gasteiger charge is -2.28. The Labute approximate surface area is 211 Å². The Morgan fingerprint density at radius 3 is 2.11 bits per heavy atom. The first-order valence-electron chi connectivity index (χ1n) is 12.7. The summed E-state index contributed by atoms with van der Waals surface area (Å²) in [5, 5.41) is 0. The van der Waals surface area contributed by atoms with E-state index in [1.807, 2.05) is 25.1 Å². The highest BCUT2D eigenvalue weighted by atomic mass is 19.2. The maximum absolute atomic E-state index is 15.0. The van der Waals surface area contributed by atoms with Gasteiger partial charge in [0, 0.05) is 17.0 Å². The van der Waals surface area contributed by atoms with Gasteiger partial charge in [0.1, 0.15) is 5.82 Å². The summed E-state index contributed by atoms with van der Waals surface area (Å²) < 4.78 is 55.8. The average molecular weight is 495 g/mol. The molecule has 0 aliphatic carbocycles. The molecule has 2 nitrogen and oxygen atoms in total. The van der Waals surface area contributed by atoms with Crippen LogP contribution in [-0.4, -0.2) is 19.5 Å². The Hall–Kier alpha value is -2.89. The Kier molecular flexibility index (Phi) is 9.00. The van der Waals surface area contributed by atoms with Gasteiger partial charge in [0.25, 0.3) is 0 Å². The Bertz CT molecular complexity index is 1180. The van der Waals surface area contributed by atoms with Gasteiger partial charge in [-0.1, -0.05) is 80.8 Å². The highest BCUT2D eigenvalue weighted by molar-refractivity contribution is 5.71. The molecule has 3 aromatic carbocycles. The van der Waals surface area contributed by atoms with Gasteiger partial charge in [-0.2, -0.15) is 0 Å². The number of hydrogen-bond acceptors (Lipinski definition) is 2. The number of aryl methyl sites for hydroxylation is 1. The van der Waals surface area contributed by atoms with Gasteiger partial charge in [-0.05, 0) is 54.2 Å². The van der Waals surface area contributed by atoms with Crippen LogP contribution in [0.15, 0.2) is 66.7 Å². The van der Waals surface area contributed by atoms with Gasteiger partial charge in [0.15, 0.2) is 17.9 Å². The number of hydrogen-bond donors (Lipinski definition) is 0. The van der Waals surface area contributed by atoms with Crippen LogP contribution in [0.5, 0.6) is 0 Å². The standard InChI is InChI=1S/C31H33F3O2/c1-3-5-6-7-9-23-14-17-27(31(34)30(23)33)22-12-10-21(11-13-22)26-16-15-24(18-28(26)32)25-19-35-29(8-4-2)36-20-25/h4,8,10-18,25,29H,3,5-7,9,19-20H2,1-2H3/b8-4+. The zero-order chi connectivity index (χ0) is 25.5. The first-order chi connectivity index (χ1) is 17.5. The molecule has 0 amide bonds. The minimum atomic E-state index is -0.833. The first kappa shape index (κ1) is 26.2. The second-order valence-corrected chi connectivity index (χ2v) is 9.29. The molecule has 0 unspecified atom stereocenters. The van der Waals surface area contributed by atoms with Crippen LogP contribution < -0.4 is 0 Å². The van der Waals surface area contributed by atoms with E-state index in [0.717, 1.165) is 31.2 Å². The topological polar surface area (TPSA) is 18.5 Å². The van der Waals surface area contributed by atoms with Gasteiger partial charge in [-0.25, -0.2) is 13.2 Å². The number of benzene rings is 3. The van der Waals surface area contributed by atoms with Crippen molar-refractivity contribution < 1.29 is 22.6 Å². The summed E-state index contributed by atoms with van der Waals surface area (Å²) in [5.41, 5.74) is 3.11. The normalized spacial score (nSPS) is 18.1. The molecule has 4 rings (SSSR count). The van der Waals surface area contributed by atoms with Gasteiger partial charge in [0.2, 0.25) is 0 Å². The monoisotopic (exact) mass is 494 g/mol. The molecule has 0 bridgehead atoms. The fourth-order valence-electron chi connectivity index (χ4n) is 4.58. The van der Waals surface area contributed by atoms with Gasteiger partial charge >= 0.3 is 0 Å². The van der Waals surface area contributed by atoms with E-state index in [1.54, 1.807) is 42.5 Å². The predicted octanol–water partition coefficient (Wildman–Crippen LogP) is 8.59. The van der Waals surface area contributed by atoms with Crippen LogP contribution >= 0.6 is 0 Å². The van der Waals surface area contributed by atoms with E-state index >= 15 is 4.39 Å². The predicted molar refractivity (Wildman–Crippen MR) is 138 cm³/mol. The Balaban J connectivity index is 1.46. The minimum Gasteiger partial charge on any atom is -0.348 e. The summed E-state index contributed by atoms with van der Waals surface area (Å²) in [6.07, 6.45) is 7.95. The lowest BCUT2D eigenvalue weighted by Crippen LogP contribution is -2.29. The third kappa shape index (κ3) is 6.08. The molecular weight excluding hydrogens is 461 g/mol. The van der Waals surface area contributed by atoms with E-state index in [-0.39, 0.29) is 23.6 Å². The highest BCUT2D eigenvalue weighted by Gasteiger charge is 2.23. The second kappa shape index (κ2) is 12.4. The Morgan fingerprint density at radius 1 is 0.806 bits per heavy atom. The highest BCUT2D eigenvalue weighted by Crippen LogP contribution is 2.32. The van der Waals surface area contributed by atoms with Gasteiger partial charge in [0.05, 0.1) is 13.2 Å². The maximum Gasteiger partial charge on any atom is 0.176 e. The Morgan fingerprint density at radius 2 is 1.47 bits per heavy atom. The molecule has 190 valence electrons. The van der Waals surface area contributed by atoms with Crippen molar-refractivity contribution in [3.63, 3.8) is 0 Å². The molecule has 1 aliphatic rings. The van der Waals surface area contributed by atoms with E-state index in [2.05, 4.69) is 6.92 Å². The van der Waals surface area contributed by atoms with Crippen LogP contribution in [0.3, 0.4) is 0 Å². The third-order valence-corrected chi connectivity index (χ3v) is 6.71.